The summed E-state index contributed by atoms with van der Waals surface area (Å²) < 4.78 is 27.3. The molecule has 12 heteroatoms. The van der Waals surface area contributed by atoms with E-state index in [1.807, 2.05) is 30.3 Å². The number of amides is 2. The molecule has 0 radical (unpaired) electrons. The summed E-state index contributed by atoms with van der Waals surface area (Å²) in [6.45, 7) is 0. The summed E-state index contributed by atoms with van der Waals surface area (Å²) in [5.74, 6) is -2.42. The fourth-order valence-electron chi connectivity index (χ4n) is 4.91. The van der Waals surface area contributed by atoms with Crippen LogP contribution in [0.25, 0.3) is 0 Å². The van der Waals surface area contributed by atoms with Crippen LogP contribution in [-0.4, -0.2) is 29.5 Å². The Morgan fingerprint density at radius 3 is 1.51 bits per heavy atom. The lowest BCUT2D eigenvalue weighted by atomic mass is 10.0. The zero-order valence-corrected chi connectivity index (χ0v) is 27.2. The Hall–Kier alpha value is -6.19. The molecular weight excluding hydrogens is 639 g/mol. The maximum Gasteiger partial charge on any atom is 0.457 e. The maximum atomic E-state index is 15.1. The fraction of sp³-hybridized carbons (Fsp3) is 0.0811. The molecule has 0 fully saturated rings. The number of amidine groups is 2. The molecule has 2 atom stereocenters. The van der Waals surface area contributed by atoms with Crippen molar-refractivity contribution in [2.45, 2.75) is 18.2 Å². The zero-order valence-electron chi connectivity index (χ0n) is 26.3. The first-order chi connectivity index (χ1) is 23.6. The monoisotopic (exact) mass is 674 g/mol. The second kappa shape index (κ2) is 15.6. The molecule has 0 heterocycles. The number of hydrogen-bond acceptors (Lipinski definition) is 7. The van der Waals surface area contributed by atoms with Gasteiger partial charge in [0.05, 0.1) is 0 Å². The highest BCUT2D eigenvalue weighted by molar-refractivity contribution is 7.55. The van der Waals surface area contributed by atoms with Crippen molar-refractivity contribution in [3.63, 3.8) is 0 Å². The van der Waals surface area contributed by atoms with Gasteiger partial charge in [0.15, 0.2) is 5.78 Å². The molecule has 0 saturated carbocycles. The molecule has 5 aromatic rings. The molecule has 8 N–H and O–H groups in total. The molecule has 0 unspecified atom stereocenters. The van der Waals surface area contributed by atoms with E-state index in [9.17, 15) is 9.59 Å². The van der Waals surface area contributed by atoms with Gasteiger partial charge in [0.25, 0.3) is 5.91 Å². The molecular formula is C37H35N6O5P. The van der Waals surface area contributed by atoms with E-state index in [1.54, 1.807) is 97.1 Å². The Morgan fingerprint density at radius 1 is 0.612 bits per heavy atom. The van der Waals surface area contributed by atoms with Crippen LogP contribution in [0.5, 0.6) is 11.5 Å². The molecule has 49 heavy (non-hydrogen) atoms. The van der Waals surface area contributed by atoms with Gasteiger partial charge in [-0.3, -0.25) is 20.4 Å². The van der Waals surface area contributed by atoms with Crippen LogP contribution in [0, 0.1) is 10.8 Å². The van der Waals surface area contributed by atoms with Gasteiger partial charge < -0.3 is 31.1 Å². The van der Waals surface area contributed by atoms with E-state index in [-0.39, 0.29) is 35.2 Å². The Morgan fingerprint density at radius 2 is 1.04 bits per heavy atom. The van der Waals surface area contributed by atoms with Crippen LogP contribution in [-0.2, 0) is 15.8 Å². The molecule has 0 aliphatic heterocycles. The highest BCUT2D eigenvalue weighted by Gasteiger charge is 2.43. The lowest BCUT2D eigenvalue weighted by Crippen LogP contribution is -2.49. The van der Waals surface area contributed by atoms with Gasteiger partial charge in [-0.15, -0.1) is 0 Å². The minimum absolute atomic E-state index is 0.101. The summed E-state index contributed by atoms with van der Waals surface area (Å²) in [6.07, 6.45) is 0.101. The SMILES string of the molecule is N=C(N)c1ccc(C(=O)N[C@@H](Cc2ccccc2)C(=O)N[C@H](c2ccc(C(=N)N)cc2)P(=O)(Oc2ccccc2)Oc2ccccc2)cc1. The summed E-state index contributed by atoms with van der Waals surface area (Å²) >= 11 is 0. The van der Waals surface area contributed by atoms with Gasteiger partial charge in [0, 0.05) is 23.1 Å². The fourth-order valence-corrected chi connectivity index (χ4v) is 6.81. The molecule has 248 valence electrons. The minimum Gasteiger partial charge on any atom is -0.414 e. The zero-order chi connectivity index (χ0) is 34.8. The quantitative estimate of drug-likeness (QED) is 0.0489. The number of carbonyl (C=O) groups is 2. The van der Waals surface area contributed by atoms with Gasteiger partial charge in [0.2, 0.25) is 5.91 Å². The maximum absolute atomic E-state index is 15.1. The second-order valence-electron chi connectivity index (χ2n) is 11.0. The molecule has 0 bridgehead atoms. The topological polar surface area (TPSA) is 193 Å². The normalized spacial score (nSPS) is 12.2. The van der Waals surface area contributed by atoms with Crippen LogP contribution in [0.1, 0.15) is 38.4 Å². The van der Waals surface area contributed by atoms with Crippen molar-refractivity contribution in [1.29, 1.82) is 10.8 Å². The lowest BCUT2D eigenvalue weighted by molar-refractivity contribution is -0.123. The predicted molar refractivity (Wildman–Crippen MR) is 189 cm³/mol. The van der Waals surface area contributed by atoms with E-state index in [1.165, 1.54) is 12.1 Å². The summed E-state index contributed by atoms with van der Waals surface area (Å²) in [5, 5.41) is 21.1. The smallest absolute Gasteiger partial charge is 0.414 e. The Kier molecular flexibility index (Phi) is 10.9. The summed E-state index contributed by atoms with van der Waals surface area (Å²) in [7, 11) is -4.38. The van der Waals surface area contributed by atoms with Crippen LogP contribution in [0.3, 0.4) is 0 Å². The van der Waals surface area contributed by atoms with Crippen molar-refractivity contribution in [2.24, 2.45) is 11.5 Å². The summed E-state index contributed by atoms with van der Waals surface area (Å²) in [4.78, 5) is 27.8. The standard InChI is InChI=1S/C37H35N6O5P/c38-33(39)26-16-20-28(21-17-26)35(44)42-32(24-25-10-4-1-5-11-25)36(45)43-37(29-22-18-27(19-23-29)34(40)41)49(46,47-30-12-6-2-7-13-30)48-31-14-8-3-9-15-31/h1-23,32,37H,24H2,(H3,38,39)(H3,40,41)(H,42,44)(H,43,45)/t32-,37-/m0/s1. The van der Waals surface area contributed by atoms with Gasteiger partial charge in [0.1, 0.15) is 29.2 Å². The molecule has 0 aliphatic carbocycles. The summed E-state index contributed by atoms with van der Waals surface area (Å²) in [6, 6.07) is 37.3. The van der Waals surface area contributed by atoms with Crippen molar-refractivity contribution in [2.75, 3.05) is 0 Å². The number of hydrogen-bond donors (Lipinski definition) is 6. The Bertz CT molecular complexity index is 1910. The lowest BCUT2D eigenvalue weighted by Gasteiger charge is -2.30. The van der Waals surface area contributed by atoms with Crippen molar-refractivity contribution < 1.29 is 23.2 Å². The van der Waals surface area contributed by atoms with Crippen molar-refractivity contribution in [3.05, 3.63) is 167 Å². The average Bonchev–Trinajstić information content (AvgIpc) is 3.11. The molecule has 0 spiro atoms. The van der Waals surface area contributed by atoms with Gasteiger partial charge in [-0.05, 0) is 47.5 Å². The van der Waals surface area contributed by atoms with Crippen molar-refractivity contribution in [1.82, 2.24) is 10.6 Å². The van der Waals surface area contributed by atoms with Crippen LogP contribution in [0.15, 0.2) is 140 Å². The molecule has 2 amide bonds. The number of nitrogens with two attached hydrogens (primary N) is 2. The average molecular weight is 675 g/mol. The van der Waals surface area contributed by atoms with Crippen molar-refractivity contribution >= 4 is 31.1 Å². The first-order valence-electron chi connectivity index (χ1n) is 15.2. The van der Waals surface area contributed by atoms with Gasteiger partial charge in [-0.25, -0.2) is 4.57 Å². The number of rotatable bonds is 14. The van der Waals surface area contributed by atoms with E-state index in [2.05, 4.69) is 10.6 Å². The minimum atomic E-state index is -4.38. The molecule has 5 aromatic carbocycles. The Labute approximate surface area is 283 Å². The van der Waals surface area contributed by atoms with Crippen LogP contribution in [0.4, 0.5) is 0 Å². The Balaban J connectivity index is 1.54. The largest absolute Gasteiger partial charge is 0.457 e. The molecule has 0 saturated heterocycles. The number of nitrogen functional groups attached to an aromatic ring is 2. The third-order valence-corrected chi connectivity index (χ3v) is 9.44. The number of para-hydroxylation sites is 2. The highest BCUT2D eigenvalue weighted by Crippen LogP contribution is 2.59. The van der Waals surface area contributed by atoms with E-state index in [4.69, 9.17) is 31.3 Å². The number of nitrogens with one attached hydrogen (secondary N) is 4. The van der Waals surface area contributed by atoms with E-state index in [0.29, 0.717) is 16.7 Å². The van der Waals surface area contributed by atoms with E-state index < -0.39 is 31.2 Å². The van der Waals surface area contributed by atoms with Gasteiger partial charge in [-0.1, -0.05) is 103 Å². The van der Waals surface area contributed by atoms with Crippen LogP contribution >= 0.6 is 7.60 Å². The van der Waals surface area contributed by atoms with Crippen LogP contribution in [0.2, 0.25) is 0 Å². The first-order valence-corrected chi connectivity index (χ1v) is 16.9. The first kappa shape index (κ1) is 34.2. The molecule has 0 aliphatic rings. The third-order valence-electron chi connectivity index (χ3n) is 7.45. The molecule has 0 aromatic heterocycles. The van der Waals surface area contributed by atoms with E-state index >= 15 is 4.57 Å². The highest BCUT2D eigenvalue weighted by atomic mass is 31.2. The number of benzene rings is 5. The molecule has 5 rings (SSSR count). The predicted octanol–water partition coefficient (Wildman–Crippen LogP) is 5.76. The third kappa shape index (κ3) is 9.00. The van der Waals surface area contributed by atoms with Crippen molar-refractivity contribution in [3.8, 4) is 11.5 Å². The van der Waals surface area contributed by atoms with E-state index in [0.717, 1.165) is 5.56 Å². The summed E-state index contributed by atoms with van der Waals surface area (Å²) in [5.41, 5.74) is 13.5. The van der Waals surface area contributed by atoms with Gasteiger partial charge >= 0.3 is 7.60 Å². The van der Waals surface area contributed by atoms with Gasteiger partial charge in [-0.2, -0.15) is 0 Å². The van der Waals surface area contributed by atoms with Crippen LogP contribution < -0.4 is 31.1 Å². The number of carbonyl (C=O) groups excluding carboxylic acids is 2. The second-order valence-corrected chi connectivity index (χ2v) is 13.0. The molecule has 11 nitrogen and oxygen atoms in total.